The molecular formula is C20H21FN4O. The summed E-state index contributed by atoms with van der Waals surface area (Å²) in [5, 5.41) is 11.0. The third-order valence-corrected chi connectivity index (χ3v) is 4.21. The number of halogens is 1. The van der Waals surface area contributed by atoms with Crippen LogP contribution in [0.25, 0.3) is 0 Å². The molecule has 2 aromatic carbocycles. The summed E-state index contributed by atoms with van der Waals surface area (Å²) in [6.07, 6.45) is 1.55. The van der Waals surface area contributed by atoms with Crippen molar-refractivity contribution in [1.29, 1.82) is 0 Å². The van der Waals surface area contributed by atoms with Gasteiger partial charge in [-0.15, -0.1) is 5.10 Å². The van der Waals surface area contributed by atoms with Gasteiger partial charge in [0.15, 0.2) is 5.69 Å². The van der Waals surface area contributed by atoms with Crippen LogP contribution in [0, 0.1) is 12.7 Å². The number of hydrogen-bond donors (Lipinski definition) is 1. The van der Waals surface area contributed by atoms with E-state index >= 15 is 0 Å². The summed E-state index contributed by atoms with van der Waals surface area (Å²) < 4.78 is 14.6. The number of aryl methyl sites for hydroxylation is 1. The molecule has 5 nitrogen and oxygen atoms in total. The van der Waals surface area contributed by atoms with Crippen LogP contribution in [0.5, 0.6) is 0 Å². The van der Waals surface area contributed by atoms with E-state index in [1.165, 1.54) is 12.1 Å². The Balaban J connectivity index is 1.51. The molecule has 0 aliphatic heterocycles. The first-order valence-electron chi connectivity index (χ1n) is 8.60. The van der Waals surface area contributed by atoms with Gasteiger partial charge in [0, 0.05) is 6.54 Å². The SMILES string of the molecule is Cc1c(C(=O)NCCCc2ccc(F)cc2)nnn1Cc1ccccc1. The van der Waals surface area contributed by atoms with Gasteiger partial charge in [0.05, 0.1) is 12.2 Å². The maximum atomic E-state index is 12.9. The lowest BCUT2D eigenvalue weighted by Gasteiger charge is -2.06. The molecule has 0 saturated heterocycles. The Labute approximate surface area is 151 Å². The largest absolute Gasteiger partial charge is 0.351 e. The van der Waals surface area contributed by atoms with Crippen LogP contribution in [0.2, 0.25) is 0 Å². The minimum atomic E-state index is -0.240. The molecule has 3 rings (SSSR count). The average molecular weight is 352 g/mol. The second kappa shape index (κ2) is 8.38. The molecule has 134 valence electrons. The summed E-state index contributed by atoms with van der Waals surface area (Å²) in [4.78, 5) is 12.3. The number of hydrogen-bond acceptors (Lipinski definition) is 3. The first-order chi connectivity index (χ1) is 12.6. The number of rotatable bonds is 7. The van der Waals surface area contributed by atoms with Crippen LogP contribution in [0.15, 0.2) is 54.6 Å². The van der Waals surface area contributed by atoms with Gasteiger partial charge in [-0.3, -0.25) is 4.79 Å². The fraction of sp³-hybridized carbons (Fsp3) is 0.250. The highest BCUT2D eigenvalue weighted by Gasteiger charge is 2.16. The van der Waals surface area contributed by atoms with E-state index < -0.39 is 0 Å². The Morgan fingerprint density at radius 3 is 2.54 bits per heavy atom. The van der Waals surface area contributed by atoms with Crippen molar-refractivity contribution in [2.75, 3.05) is 6.54 Å². The molecule has 6 heteroatoms. The van der Waals surface area contributed by atoms with Gasteiger partial charge in [-0.2, -0.15) is 0 Å². The lowest BCUT2D eigenvalue weighted by atomic mass is 10.1. The smallest absolute Gasteiger partial charge is 0.273 e. The summed E-state index contributed by atoms with van der Waals surface area (Å²) in [7, 11) is 0. The molecule has 0 aliphatic carbocycles. The van der Waals surface area contributed by atoms with Crippen LogP contribution in [0.4, 0.5) is 4.39 Å². The molecule has 1 amide bonds. The zero-order valence-corrected chi connectivity index (χ0v) is 14.7. The molecule has 3 aromatic rings. The molecule has 0 aliphatic rings. The van der Waals surface area contributed by atoms with Crippen molar-refractivity contribution in [2.45, 2.75) is 26.3 Å². The maximum absolute atomic E-state index is 12.9. The molecule has 1 N–H and O–H groups in total. The van der Waals surface area contributed by atoms with Crippen molar-refractivity contribution >= 4 is 5.91 Å². The first kappa shape index (κ1) is 17.8. The van der Waals surface area contributed by atoms with Gasteiger partial charge in [0.2, 0.25) is 0 Å². The molecule has 0 unspecified atom stereocenters. The van der Waals surface area contributed by atoms with E-state index in [-0.39, 0.29) is 11.7 Å². The van der Waals surface area contributed by atoms with Crippen LogP contribution in [0.3, 0.4) is 0 Å². The highest BCUT2D eigenvalue weighted by atomic mass is 19.1. The van der Waals surface area contributed by atoms with Gasteiger partial charge in [-0.1, -0.05) is 47.7 Å². The molecule has 0 saturated carbocycles. The molecule has 0 bridgehead atoms. The monoisotopic (exact) mass is 352 g/mol. The summed E-state index contributed by atoms with van der Waals surface area (Å²) in [5.41, 5.74) is 3.24. The quantitative estimate of drug-likeness (QED) is 0.665. The number of amides is 1. The van der Waals surface area contributed by atoms with Crippen LogP contribution < -0.4 is 5.32 Å². The lowest BCUT2D eigenvalue weighted by molar-refractivity contribution is 0.0947. The standard InChI is InChI=1S/C20H21FN4O/c1-15-19(23-24-25(15)14-17-6-3-2-4-7-17)20(26)22-13-5-8-16-9-11-18(21)12-10-16/h2-4,6-7,9-12H,5,8,13-14H2,1H3,(H,22,26). The predicted molar refractivity (Wildman–Crippen MR) is 97.4 cm³/mol. The Morgan fingerprint density at radius 1 is 1.08 bits per heavy atom. The second-order valence-electron chi connectivity index (χ2n) is 6.15. The van der Waals surface area contributed by atoms with Crippen LogP contribution in [-0.4, -0.2) is 27.4 Å². The summed E-state index contributed by atoms with van der Waals surface area (Å²) in [6, 6.07) is 16.3. The zero-order valence-electron chi connectivity index (χ0n) is 14.7. The molecular weight excluding hydrogens is 331 g/mol. The van der Waals surface area contributed by atoms with Crippen molar-refractivity contribution in [3.05, 3.63) is 82.9 Å². The van der Waals surface area contributed by atoms with Gasteiger partial charge < -0.3 is 5.32 Å². The number of benzene rings is 2. The van der Waals surface area contributed by atoms with Crippen molar-refractivity contribution in [1.82, 2.24) is 20.3 Å². The van der Waals surface area contributed by atoms with Crippen LogP contribution in [-0.2, 0) is 13.0 Å². The maximum Gasteiger partial charge on any atom is 0.273 e. The van der Waals surface area contributed by atoms with Crippen molar-refractivity contribution in [3.63, 3.8) is 0 Å². The summed E-state index contributed by atoms with van der Waals surface area (Å²) in [5.74, 6) is -0.461. The molecule has 0 fully saturated rings. The van der Waals surface area contributed by atoms with E-state index in [4.69, 9.17) is 0 Å². The minimum absolute atomic E-state index is 0.221. The summed E-state index contributed by atoms with van der Waals surface area (Å²) >= 11 is 0. The third kappa shape index (κ3) is 4.53. The molecule has 26 heavy (non-hydrogen) atoms. The first-order valence-corrected chi connectivity index (χ1v) is 8.60. The Kier molecular flexibility index (Phi) is 5.73. The Bertz CT molecular complexity index is 859. The van der Waals surface area contributed by atoms with Crippen LogP contribution >= 0.6 is 0 Å². The highest BCUT2D eigenvalue weighted by Crippen LogP contribution is 2.08. The highest BCUT2D eigenvalue weighted by molar-refractivity contribution is 5.93. The molecule has 0 atom stereocenters. The lowest BCUT2D eigenvalue weighted by Crippen LogP contribution is -2.26. The topological polar surface area (TPSA) is 59.8 Å². The average Bonchev–Trinajstić information content (AvgIpc) is 3.01. The normalized spacial score (nSPS) is 10.7. The number of carbonyl (C=O) groups is 1. The van der Waals surface area contributed by atoms with Crippen molar-refractivity contribution in [2.24, 2.45) is 0 Å². The van der Waals surface area contributed by atoms with Gasteiger partial charge in [0.1, 0.15) is 5.82 Å². The third-order valence-electron chi connectivity index (χ3n) is 4.21. The summed E-state index contributed by atoms with van der Waals surface area (Å²) in [6.45, 7) is 2.95. The number of nitrogens with zero attached hydrogens (tertiary/aromatic N) is 3. The molecule has 0 spiro atoms. The van der Waals surface area contributed by atoms with Crippen molar-refractivity contribution < 1.29 is 9.18 Å². The van der Waals surface area contributed by atoms with Gasteiger partial charge >= 0.3 is 0 Å². The minimum Gasteiger partial charge on any atom is -0.351 e. The Morgan fingerprint density at radius 2 is 1.81 bits per heavy atom. The fourth-order valence-corrected chi connectivity index (χ4v) is 2.71. The van der Waals surface area contributed by atoms with Gasteiger partial charge in [0.25, 0.3) is 5.91 Å². The van der Waals surface area contributed by atoms with E-state index in [0.29, 0.717) is 18.8 Å². The van der Waals surface area contributed by atoms with E-state index in [9.17, 15) is 9.18 Å². The van der Waals surface area contributed by atoms with Crippen molar-refractivity contribution in [3.8, 4) is 0 Å². The number of aromatic nitrogens is 3. The van der Waals surface area contributed by atoms with E-state index in [0.717, 1.165) is 29.7 Å². The van der Waals surface area contributed by atoms with E-state index in [2.05, 4.69) is 15.6 Å². The predicted octanol–water partition coefficient (Wildman–Crippen LogP) is 3.14. The Hall–Kier alpha value is -3.02. The molecule has 1 heterocycles. The zero-order chi connectivity index (χ0) is 18.4. The molecule has 1 aromatic heterocycles. The van der Waals surface area contributed by atoms with E-state index in [1.54, 1.807) is 16.8 Å². The van der Waals surface area contributed by atoms with Gasteiger partial charge in [-0.25, -0.2) is 9.07 Å². The molecule has 0 radical (unpaired) electrons. The van der Waals surface area contributed by atoms with Crippen LogP contribution in [0.1, 0.15) is 33.7 Å². The number of nitrogens with one attached hydrogen (secondary N) is 1. The van der Waals surface area contributed by atoms with Gasteiger partial charge in [-0.05, 0) is 43.0 Å². The van der Waals surface area contributed by atoms with E-state index in [1.807, 2.05) is 37.3 Å². The second-order valence-corrected chi connectivity index (χ2v) is 6.15. The number of carbonyl (C=O) groups excluding carboxylic acids is 1. The fourth-order valence-electron chi connectivity index (χ4n) is 2.71.